The minimum Gasteiger partial charge on any atom is -0.345 e. The first kappa shape index (κ1) is 22.3. The molecule has 1 heterocycles. The number of halogens is 1. The van der Waals surface area contributed by atoms with E-state index in [1.54, 1.807) is 30.5 Å². The first-order valence-electron chi connectivity index (χ1n) is 10.5. The van der Waals surface area contributed by atoms with Gasteiger partial charge < -0.3 is 10.6 Å². The minimum atomic E-state index is -0.512. The molecule has 2 amide bonds. The Balaban J connectivity index is 1.46. The molecule has 7 heteroatoms. The van der Waals surface area contributed by atoms with Crippen LogP contribution in [0.5, 0.6) is 0 Å². The standard InChI is InChI=1S/C26H23ClN4O2/c27-23-13-5-4-12-22(23)26(33)30-24(20-9-2-1-3-10-20)17-25(32)29-21-11-6-8-19(16-21)18-31-15-7-14-28-31/h1-16,24H,17-18H2,(H,29,32)(H,30,33). The number of benzene rings is 3. The van der Waals surface area contributed by atoms with Crippen molar-refractivity contribution >= 4 is 29.1 Å². The van der Waals surface area contributed by atoms with E-state index >= 15 is 0 Å². The summed E-state index contributed by atoms with van der Waals surface area (Å²) in [5.41, 5.74) is 2.91. The number of nitrogens with one attached hydrogen (secondary N) is 2. The molecule has 2 N–H and O–H groups in total. The van der Waals surface area contributed by atoms with Gasteiger partial charge >= 0.3 is 0 Å². The first-order chi connectivity index (χ1) is 16.1. The lowest BCUT2D eigenvalue weighted by Gasteiger charge is -2.19. The van der Waals surface area contributed by atoms with Crippen LogP contribution in [0.1, 0.15) is 33.9 Å². The van der Waals surface area contributed by atoms with E-state index in [0.29, 0.717) is 22.8 Å². The molecule has 0 spiro atoms. The highest BCUT2D eigenvalue weighted by Gasteiger charge is 2.20. The summed E-state index contributed by atoms with van der Waals surface area (Å²) in [6.07, 6.45) is 3.69. The van der Waals surface area contributed by atoms with Gasteiger partial charge in [-0.25, -0.2) is 0 Å². The fourth-order valence-electron chi connectivity index (χ4n) is 3.54. The molecule has 0 bridgehead atoms. The van der Waals surface area contributed by atoms with E-state index in [9.17, 15) is 9.59 Å². The summed E-state index contributed by atoms with van der Waals surface area (Å²) in [4.78, 5) is 25.8. The Morgan fingerprint density at radius 1 is 0.939 bits per heavy atom. The third kappa shape index (κ3) is 6.08. The monoisotopic (exact) mass is 458 g/mol. The van der Waals surface area contributed by atoms with Crippen LogP contribution < -0.4 is 10.6 Å². The van der Waals surface area contributed by atoms with Crippen molar-refractivity contribution in [2.45, 2.75) is 19.0 Å². The van der Waals surface area contributed by atoms with Crippen molar-refractivity contribution in [3.8, 4) is 0 Å². The number of hydrogen-bond donors (Lipinski definition) is 2. The lowest BCUT2D eigenvalue weighted by Crippen LogP contribution is -2.31. The van der Waals surface area contributed by atoms with Crippen LogP contribution in [0.25, 0.3) is 0 Å². The maximum absolute atomic E-state index is 12.9. The second-order valence-corrected chi connectivity index (χ2v) is 7.98. The van der Waals surface area contributed by atoms with Gasteiger partial charge in [-0.3, -0.25) is 14.3 Å². The number of nitrogens with zero attached hydrogens (tertiary/aromatic N) is 2. The van der Waals surface area contributed by atoms with Crippen LogP contribution in [0.15, 0.2) is 97.3 Å². The van der Waals surface area contributed by atoms with Crippen LogP contribution >= 0.6 is 11.6 Å². The number of aromatic nitrogens is 2. The zero-order chi connectivity index (χ0) is 23.0. The van der Waals surface area contributed by atoms with Gasteiger partial charge in [0.25, 0.3) is 5.91 Å². The van der Waals surface area contributed by atoms with Crippen molar-refractivity contribution in [2.24, 2.45) is 0 Å². The van der Waals surface area contributed by atoms with Crippen molar-refractivity contribution in [3.05, 3.63) is 119 Å². The van der Waals surface area contributed by atoms with Gasteiger partial charge in [-0.15, -0.1) is 0 Å². The van der Waals surface area contributed by atoms with Crippen molar-refractivity contribution < 1.29 is 9.59 Å². The fourth-order valence-corrected chi connectivity index (χ4v) is 3.77. The third-order valence-electron chi connectivity index (χ3n) is 5.13. The van der Waals surface area contributed by atoms with Gasteiger partial charge in [0.15, 0.2) is 0 Å². The predicted octanol–water partition coefficient (Wildman–Crippen LogP) is 5.08. The van der Waals surface area contributed by atoms with Gasteiger partial charge in [0.1, 0.15) is 0 Å². The molecule has 1 aromatic heterocycles. The van der Waals surface area contributed by atoms with E-state index in [1.165, 1.54) is 0 Å². The number of anilines is 1. The molecule has 1 atom stereocenters. The van der Waals surface area contributed by atoms with Crippen LogP contribution in [0.3, 0.4) is 0 Å². The topological polar surface area (TPSA) is 76.0 Å². The molecule has 4 aromatic rings. The summed E-state index contributed by atoms with van der Waals surface area (Å²) >= 11 is 6.18. The van der Waals surface area contributed by atoms with Crippen LogP contribution in [0, 0.1) is 0 Å². The summed E-state index contributed by atoms with van der Waals surface area (Å²) < 4.78 is 1.82. The number of carbonyl (C=O) groups is 2. The lowest BCUT2D eigenvalue weighted by atomic mass is 10.0. The molecule has 0 saturated carbocycles. The highest BCUT2D eigenvalue weighted by Crippen LogP contribution is 2.21. The van der Waals surface area contributed by atoms with Crippen molar-refractivity contribution in [2.75, 3.05) is 5.32 Å². The van der Waals surface area contributed by atoms with Crippen molar-refractivity contribution in [1.82, 2.24) is 15.1 Å². The molecule has 0 aliphatic carbocycles. The number of rotatable bonds is 8. The molecule has 166 valence electrons. The van der Waals surface area contributed by atoms with Crippen LogP contribution in [-0.4, -0.2) is 21.6 Å². The Hall–Kier alpha value is -3.90. The summed E-state index contributed by atoms with van der Waals surface area (Å²) in [7, 11) is 0. The Morgan fingerprint density at radius 3 is 2.48 bits per heavy atom. The van der Waals surface area contributed by atoms with Crippen molar-refractivity contribution in [3.63, 3.8) is 0 Å². The van der Waals surface area contributed by atoms with Crippen LogP contribution in [0.4, 0.5) is 5.69 Å². The van der Waals surface area contributed by atoms with Crippen LogP contribution in [0.2, 0.25) is 5.02 Å². The molecule has 1 unspecified atom stereocenters. The molecular formula is C26H23ClN4O2. The molecule has 3 aromatic carbocycles. The van der Waals surface area contributed by atoms with Gasteiger partial charge in [-0.1, -0.05) is 66.2 Å². The molecule has 0 aliphatic heterocycles. The van der Waals surface area contributed by atoms with Gasteiger partial charge in [0.2, 0.25) is 5.91 Å². The van der Waals surface area contributed by atoms with E-state index in [1.807, 2.05) is 71.5 Å². The zero-order valence-electron chi connectivity index (χ0n) is 17.8. The van der Waals surface area contributed by atoms with Gasteiger partial charge in [-0.2, -0.15) is 5.10 Å². The number of amides is 2. The molecular weight excluding hydrogens is 436 g/mol. The maximum Gasteiger partial charge on any atom is 0.253 e. The van der Waals surface area contributed by atoms with E-state index in [-0.39, 0.29) is 18.2 Å². The number of carbonyl (C=O) groups excluding carboxylic acids is 2. The Morgan fingerprint density at radius 2 is 1.73 bits per heavy atom. The Labute approximate surface area is 197 Å². The van der Waals surface area contributed by atoms with Gasteiger partial charge in [-0.05, 0) is 41.5 Å². The zero-order valence-corrected chi connectivity index (χ0v) is 18.6. The predicted molar refractivity (Wildman–Crippen MR) is 129 cm³/mol. The Kier molecular flexibility index (Phi) is 7.17. The number of hydrogen-bond acceptors (Lipinski definition) is 3. The average Bonchev–Trinajstić information content (AvgIpc) is 3.32. The van der Waals surface area contributed by atoms with E-state index in [4.69, 9.17) is 11.6 Å². The largest absolute Gasteiger partial charge is 0.345 e. The summed E-state index contributed by atoms with van der Waals surface area (Å²) in [5, 5.41) is 10.5. The van der Waals surface area contributed by atoms with E-state index in [0.717, 1.165) is 11.1 Å². The third-order valence-corrected chi connectivity index (χ3v) is 5.46. The SMILES string of the molecule is O=C(CC(NC(=O)c1ccccc1Cl)c1ccccc1)Nc1cccc(Cn2cccn2)c1. The second kappa shape index (κ2) is 10.6. The average molecular weight is 459 g/mol. The lowest BCUT2D eigenvalue weighted by molar-refractivity contribution is -0.116. The summed E-state index contributed by atoms with van der Waals surface area (Å²) in [5.74, 6) is -0.539. The van der Waals surface area contributed by atoms with Gasteiger partial charge in [0.05, 0.1) is 29.6 Å². The van der Waals surface area contributed by atoms with Gasteiger partial charge in [0, 0.05) is 18.1 Å². The first-order valence-corrected chi connectivity index (χ1v) is 10.9. The minimum absolute atomic E-state index is 0.0730. The smallest absolute Gasteiger partial charge is 0.253 e. The second-order valence-electron chi connectivity index (χ2n) is 7.57. The quantitative estimate of drug-likeness (QED) is 0.386. The van der Waals surface area contributed by atoms with Crippen LogP contribution in [-0.2, 0) is 11.3 Å². The molecule has 6 nitrogen and oxygen atoms in total. The maximum atomic E-state index is 12.9. The molecule has 33 heavy (non-hydrogen) atoms. The summed E-state index contributed by atoms with van der Waals surface area (Å²) in [6.45, 7) is 0.608. The molecule has 0 aliphatic rings. The molecule has 4 rings (SSSR count). The highest BCUT2D eigenvalue weighted by molar-refractivity contribution is 6.33. The highest BCUT2D eigenvalue weighted by atomic mass is 35.5. The molecule has 0 radical (unpaired) electrons. The van der Waals surface area contributed by atoms with Crippen molar-refractivity contribution in [1.29, 1.82) is 0 Å². The molecule has 0 saturated heterocycles. The summed E-state index contributed by atoms with van der Waals surface area (Å²) in [6, 6.07) is 25.2. The van der Waals surface area contributed by atoms with E-state index in [2.05, 4.69) is 15.7 Å². The normalized spacial score (nSPS) is 11.5. The fraction of sp³-hybridized carbons (Fsp3) is 0.115. The van der Waals surface area contributed by atoms with E-state index < -0.39 is 6.04 Å². The molecule has 0 fully saturated rings. The Bertz CT molecular complexity index is 1230.